The fourth-order valence-corrected chi connectivity index (χ4v) is 7.45. The lowest BCUT2D eigenvalue weighted by molar-refractivity contribution is -0.144. The Hall–Kier alpha value is -2.46. The second-order valence-corrected chi connectivity index (χ2v) is 11.8. The summed E-state index contributed by atoms with van der Waals surface area (Å²) in [7, 11) is 0. The third-order valence-corrected chi connectivity index (χ3v) is 9.05. The predicted octanol–water partition coefficient (Wildman–Crippen LogP) is 3.16. The molecule has 1 spiro atoms. The number of aliphatic hydroxyl groups is 1. The number of nitrogens with one attached hydrogen (secondary N) is 2. The monoisotopic (exact) mass is 603 g/mol. The molecule has 8 nitrogen and oxygen atoms in total. The van der Waals surface area contributed by atoms with Gasteiger partial charge in [0.15, 0.2) is 0 Å². The highest BCUT2D eigenvalue weighted by Crippen LogP contribution is 2.60. The number of ether oxygens (including phenoxy) is 1. The SMILES string of the molecule is CCCNC(=O)[C@H]1[C@@H]2OC3(CC2Br)C(C(=O)Nc2ccccc2Cl)N([C@@H](CO)Cc2ccccc2)C(=O)[C@H]13. The highest BCUT2D eigenvalue weighted by molar-refractivity contribution is 9.09. The molecule has 2 aromatic rings. The van der Waals surface area contributed by atoms with Crippen molar-refractivity contribution in [2.75, 3.05) is 18.5 Å². The predicted molar refractivity (Wildman–Crippen MR) is 147 cm³/mol. The summed E-state index contributed by atoms with van der Waals surface area (Å²) in [5.74, 6) is -2.65. The third-order valence-electron chi connectivity index (χ3n) is 7.88. The molecule has 2 aromatic carbocycles. The van der Waals surface area contributed by atoms with Gasteiger partial charge in [-0.15, -0.1) is 0 Å². The van der Waals surface area contributed by atoms with Crippen molar-refractivity contribution in [1.29, 1.82) is 0 Å². The van der Waals surface area contributed by atoms with Gasteiger partial charge in [0, 0.05) is 11.4 Å². The Bertz CT molecular complexity index is 1220. The first-order valence-corrected chi connectivity index (χ1v) is 14.2. The van der Waals surface area contributed by atoms with Crippen LogP contribution in [0, 0.1) is 11.8 Å². The molecule has 10 heteroatoms. The van der Waals surface area contributed by atoms with Crippen molar-refractivity contribution in [2.45, 2.75) is 54.8 Å². The van der Waals surface area contributed by atoms with E-state index in [1.54, 1.807) is 24.3 Å². The molecule has 0 aromatic heterocycles. The van der Waals surface area contributed by atoms with Crippen LogP contribution in [0.4, 0.5) is 5.69 Å². The van der Waals surface area contributed by atoms with Crippen molar-refractivity contribution in [2.24, 2.45) is 11.8 Å². The van der Waals surface area contributed by atoms with Crippen molar-refractivity contribution >= 4 is 50.9 Å². The number of aliphatic hydroxyl groups excluding tert-OH is 1. The lowest BCUT2D eigenvalue weighted by Crippen LogP contribution is -2.57. The van der Waals surface area contributed by atoms with Crippen LogP contribution >= 0.6 is 27.5 Å². The number of likely N-dealkylation sites (tertiary alicyclic amines) is 1. The number of hydrogen-bond donors (Lipinski definition) is 3. The lowest BCUT2D eigenvalue weighted by Gasteiger charge is -2.37. The molecular weight excluding hydrogens is 574 g/mol. The number of anilines is 1. The largest absolute Gasteiger partial charge is 0.394 e. The fourth-order valence-electron chi connectivity index (χ4n) is 6.33. The van der Waals surface area contributed by atoms with Crippen molar-refractivity contribution < 1.29 is 24.2 Å². The number of alkyl halides is 1. The molecule has 3 N–H and O–H groups in total. The Labute approximate surface area is 235 Å². The normalized spacial score (nSPS) is 30.3. The van der Waals surface area contributed by atoms with Crippen molar-refractivity contribution in [3.05, 3.63) is 65.2 Å². The molecule has 3 amide bonds. The average molecular weight is 605 g/mol. The molecule has 3 heterocycles. The maximum absolute atomic E-state index is 14.2. The molecule has 3 unspecified atom stereocenters. The summed E-state index contributed by atoms with van der Waals surface area (Å²) >= 11 is 10.0. The minimum absolute atomic E-state index is 0.207. The molecule has 5 rings (SSSR count). The third kappa shape index (κ3) is 4.53. The van der Waals surface area contributed by atoms with Gasteiger partial charge in [0.2, 0.25) is 17.7 Å². The number of para-hydroxylation sites is 1. The highest BCUT2D eigenvalue weighted by atomic mass is 79.9. The number of hydrogen-bond acceptors (Lipinski definition) is 5. The number of benzene rings is 2. The maximum Gasteiger partial charge on any atom is 0.250 e. The van der Waals surface area contributed by atoms with E-state index in [-0.39, 0.29) is 23.2 Å². The molecule has 3 fully saturated rings. The number of amides is 3. The van der Waals surface area contributed by atoms with E-state index in [0.717, 1.165) is 12.0 Å². The summed E-state index contributed by atoms with van der Waals surface area (Å²) in [6, 6.07) is 14.6. The zero-order valence-electron chi connectivity index (χ0n) is 21.0. The first-order valence-electron chi connectivity index (χ1n) is 12.9. The second-order valence-electron chi connectivity index (χ2n) is 10.2. The molecule has 202 valence electrons. The van der Waals surface area contributed by atoms with Gasteiger partial charge in [0.05, 0.1) is 41.3 Å². The average Bonchev–Trinajstić information content (AvgIpc) is 3.51. The van der Waals surface area contributed by atoms with Gasteiger partial charge in [-0.1, -0.05) is 76.9 Å². The summed E-state index contributed by atoms with van der Waals surface area (Å²) in [6.45, 7) is 2.09. The van der Waals surface area contributed by atoms with Crippen molar-refractivity contribution in [3.63, 3.8) is 0 Å². The maximum atomic E-state index is 14.2. The highest BCUT2D eigenvalue weighted by Gasteiger charge is 2.77. The molecule has 3 saturated heterocycles. The smallest absolute Gasteiger partial charge is 0.250 e. The van der Waals surface area contributed by atoms with E-state index >= 15 is 0 Å². The van der Waals surface area contributed by atoms with Gasteiger partial charge in [0.1, 0.15) is 11.6 Å². The van der Waals surface area contributed by atoms with E-state index in [1.165, 1.54) is 4.90 Å². The zero-order chi connectivity index (χ0) is 27.0. The first-order chi connectivity index (χ1) is 18.3. The number of carbonyl (C=O) groups is 3. The quantitative estimate of drug-likeness (QED) is 0.381. The summed E-state index contributed by atoms with van der Waals surface area (Å²) in [5, 5.41) is 16.7. The summed E-state index contributed by atoms with van der Waals surface area (Å²) in [5.41, 5.74) is 0.106. The minimum atomic E-state index is -1.22. The van der Waals surface area contributed by atoms with Gasteiger partial charge in [-0.3, -0.25) is 14.4 Å². The Morgan fingerprint density at radius 3 is 2.58 bits per heavy atom. The zero-order valence-corrected chi connectivity index (χ0v) is 23.3. The molecule has 38 heavy (non-hydrogen) atoms. The Balaban J connectivity index is 1.56. The summed E-state index contributed by atoms with van der Waals surface area (Å²) in [6.07, 6.45) is 0.937. The number of halogens is 2. The van der Waals surface area contributed by atoms with Crippen LogP contribution in [0.25, 0.3) is 0 Å². The van der Waals surface area contributed by atoms with Gasteiger partial charge in [-0.25, -0.2) is 0 Å². The molecule has 3 aliphatic heterocycles. The topological polar surface area (TPSA) is 108 Å². The van der Waals surface area contributed by atoms with E-state index in [2.05, 4.69) is 26.6 Å². The van der Waals surface area contributed by atoms with E-state index in [9.17, 15) is 19.5 Å². The Morgan fingerprint density at radius 2 is 1.89 bits per heavy atom. The van der Waals surface area contributed by atoms with Crippen molar-refractivity contribution in [1.82, 2.24) is 10.2 Å². The van der Waals surface area contributed by atoms with Crippen LogP contribution in [-0.2, 0) is 25.5 Å². The van der Waals surface area contributed by atoms with Gasteiger partial charge in [-0.2, -0.15) is 0 Å². The summed E-state index contributed by atoms with van der Waals surface area (Å²) in [4.78, 5) is 42.8. The molecule has 0 saturated carbocycles. The van der Waals surface area contributed by atoms with Crippen LogP contribution in [0.3, 0.4) is 0 Å². The van der Waals surface area contributed by atoms with E-state index in [0.29, 0.717) is 30.1 Å². The summed E-state index contributed by atoms with van der Waals surface area (Å²) < 4.78 is 6.51. The number of nitrogens with zero attached hydrogens (tertiary/aromatic N) is 1. The van der Waals surface area contributed by atoms with Crippen LogP contribution in [0.1, 0.15) is 25.3 Å². The molecule has 0 radical (unpaired) electrons. The van der Waals surface area contributed by atoms with Crippen LogP contribution in [-0.4, -0.2) is 69.5 Å². The van der Waals surface area contributed by atoms with Gasteiger partial charge in [-0.05, 0) is 37.0 Å². The Kier molecular flexibility index (Phi) is 7.82. The standard InChI is InChI=1S/C28H31BrClN3O5/c1-2-12-31-25(35)21-22-27(37)33(17(15-34)13-16-8-4-3-5-9-16)24(28(22)14-18(29)23(21)38-28)26(36)32-20-11-7-6-10-19(20)30/h3-11,17-18,21-24,34H,2,12-15H2,1H3,(H,31,35)(H,32,36)/t17-,18?,21-,22+,23-,24?,28?/m1/s1. The van der Waals surface area contributed by atoms with Gasteiger partial charge >= 0.3 is 0 Å². The number of rotatable bonds is 9. The van der Waals surface area contributed by atoms with Crippen LogP contribution in [0.2, 0.25) is 5.02 Å². The van der Waals surface area contributed by atoms with E-state index in [1.807, 2.05) is 37.3 Å². The van der Waals surface area contributed by atoms with Crippen molar-refractivity contribution in [3.8, 4) is 0 Å². The molecular formula is C28H31BrClN3O5. The van der Waals surface area contributed by atoms with Crippen LogP contribution < -0.4 is 10.6 Å². The fraction of sp³-hybridized carbons (Fsp3) is 0.464. The molecule has 3 aliphatic rings. The number of carbonyl (C=O) groups excluding carboxylic acids is 3. The van der Waals surface area contributed by atoms with Gasteiger partial charge in [0.25, 0.3) is 0 Å². The van der Waals surface area contributed by atoms with E-state index < -0.39 is 41.5 Å². The number of fused-ring (bicyclic) bond motifs is 1. The van der Waals surface area contributed by atoms with Crippen LogP contribution in [0.5, 0.6) is 0 Å². The molecule has 7 atom stereocenters. The first kappa shape index (κ1) is 27.1. The Morgan fingerprint density at radius 1 is 1.18 bits per heavy atom. The molecule has 0 aliphatic carbocycles. The second kappa shape index (κ2) is 11.0. The van der Waals surface area contributed by atoms with Gasteiger partial charge < -0.3 is 25.4 Å². The van der Waals surface area contributed by atoms with E-state index in [4.69, 9.17) is 16.3 Å². The minimum Gasteiger partial charge on any atom is -0.394 e. The molecule has 2 bridgehead atoms. The lowest BCUT2D eigenvalue weighted by atomic mass is 9.70. The van der Waals surface area contributed by atoms with Crippen LogP contribution in [0.15, 0.2) is 54.6 Å².